The highest BCUT2D eigenvalue weighted by Crippen LogP contribution is 2.16. The third-order valence-electron chi connectivity index (χ3n) is 4.89. The molecule has 0 spiro atoms. The Hall–Kier alpha value is -3.92. The Morgan fingerprint density at radius 3 is 2.48 bits per heavy atom. The maximum absolute atomic E-state index is 13.0. The van der Waals surface area contributed by atoms with Crippen LogP contribution in [0.2, 0.25) is 0 Å². The highest BCUT2D eigenvalue weighted by Gasteiger charge is 2.43. The molecule has 1 aliphatic heterocycles. The van der Waals surface area contributed by atoms with Crippen LogP contribution in [0.25, 0.3) is 0 Å². The molecule has 1 aromatic heterocycles. The summed E-state index contributed by atoms with van der Waals surface area (Å²) in [5.41, 5.74) is 3.10. The van der Waals surface area contributed by atoms with Crippen molar-refractivity contribution < 1.29 is 23.9 Å². The maximum Gasteiger partial charge on any atom is 0.408 e. The third-order valence-corrected chi connectivity index (χ3v) is 5.53. The topological polar surface area (TPSA) is 119 Å². The molecule has 33 heavy (non-hydrogen) atoms. The second kappa shape index (κ2) is 10.6. The number of thiazole rings is 1. The van der Waals surface area contributed by atoms with E-state index in [2.05, 4.69) is 20.9 Å². The highest BCUT2D eigenvalue weighted by molar-refractivity contribution is 7.07. The molecule has 170 valence electrons. The number of aromatic nitrogens is 1. The van der Waals surface area contributed by atoms with Crippen molar-refractivity contribution in [3.05, 3.63) is 82.8 Å². The van der Waals surface area contributed by atoms with Crippen molar-refractivity contribution in [1.82, 2.24) is 20.9 Å². The fraction of sp³-hybridized carbons (Fsp3) is 0.217. The van der Waals surface area contributed by atoms with Crippen LogP contribution in [-0.2, 0) is 27.4 Å². The van der Waals surface area contributed by atoms with Crippen LogP contribution in [0, 0.1) is 0 Å². The van der Waals surface area contributed by atoms with Gasteiger partial charge in [0.1, 0.15) is 18.4 Å². The van der Waals surface area contributed by atoms with E-state index in [9.17, 15) is 14.4 Å². The molecular weight excluding hydrogens is 444 g/mol. The number of benzene rings is 2. The molecule has 9 nitrogen and oxygen atoms in total. The van der Waals surface area contributed by atoms with Gasteiger partial charge in [0.15, 0.2) is 6.04 Å². The lowest BCUT2D eigenvalue weighted by atomic mass is 10.1. The van der Waals surface area contributed by atoms with Crippen LogP contribution in [0.1, 0.15) is 11.3 Å². The molecule has 1 aliphatic rings. The zero-order valence-corrected chi connectivity index (χ0v) is 18.3. The van der Waals surface area contributed by atoms with E-state index < -0.39 is 30.3 Å². The SMILES string of the molecule is O=C(N[C@@H](Cc1cscn1)C(=O)N[C@@H]1C(=O)N[C@H]1Oc1ccccc1)OCc1ccccc1. The van der Waals surface area contributed by atoms with Crippen LogP contribution in [0.5, 0.6) is 5.75 Å². The number of nitrogens with one attached hydrogen (secondary N) is 3. The summed E-state index contributed by atoms with van der Waals surface area (Å²) < 4.78 is 11.0. The van der Waals surface area contributed by atoms with E-state index in [1.807, 2.05) is 36.4 Å². The summed E-state index contributed by atoms with van der Waals surface area (Å²) in [7, 11) is 0. The van der Waals surface area contributed by atoms with Gasteiger partial charge in [0.05, 0.1) is 11.2 Å². The molecule has 4 rings (SSSR count). The predicted octanol–water partition coefficient (Wildman–Crippen LogP) is 2.00. The molecule has 0 unspecified atom stereocenters. The molecule has 3 atom stereocenters. The van der Waals surface area contributed by atoms with E-state index in [1.165, 1.54) is 11.3 Å². The molecule has 0 saturated carbocycles. The summed E-state index contributed by atoms with van der Waals surface area (Å²) in [6.07, 6.45) is -1.31. The first-order valence-corrected chi connectivity index (χ1v) is 11.2. The Morgan fingerprint density at radius 1 is 1.09 bits per heavy atom. The quantitative estimate of drug-likeness (QED) is 0.415. The van der Waals surface area contributed by atoms with E-state index in [0.29, 0.717) is 11.4 Å². The minimum atomic E-state index is -0.985. The van der Waals surface area contributed by atoms with Crippen molar-refractivity contribution in [2.45, 2.75) is 31.3 Å². The monoisotopic (exact) mass is 466 g/mol. The van der Waals surface area contributed by atoms with E-state index in [1.54, 1.807) is 35.2 Å². The summed E-state index contributed by atoms with van der Waals surface area (Å²) in [4.78, 5) is 41.6. The molecule has 0 radical (unpaired) electrons. The lowest BCUT2D eigenvalue weighted by molar-refractivity contribution is -0.143. The van der Waals surface area contributed by atoms with Gasteiger partial charge in [-0.15, -0.1) is 11.3 Å². The van der Waals surface area contributed by atoms with E-state index in [-0.39, 0.29) is 18.9 Å². The summed E-state index contributed by atoms with van der Waals surface area (Å²) >= 11 is 1.38. The van der Waals surface area contributed by atoms with Crippen LogP contribution in [0.4, 0.5) is 4.79 Å². The van der Waals surface area contributed by atoms with Gasteiger partial charge in [-0.3, -0.25) is 9.59 Å². The number of hydrogen-bond acceptors (Lipinski definition) is 7. The van der Waals surface area contributed by atoms with Crippen LogP contribution in [0.15, 0.2) is 71.6 Å². The molecule has 2 aromatic carbocycles. The molecule has 0 bridgehead atoms. The Kier molecular flexibility index (Phi) is 7.16. The number of alkyl carbamates (subject to hydrolysis) is 1. The van der Waals surface area contributed by atoms with Gasteiger partial charge in [0, 0.05) is 11.8 Å². The zero-order valence-electron chi connectivity index (χ0n) is 17.5. The summed E-state index contributed by atoms with van der Waals surface area (Å²) in [5, 5.41) is 9.63. The first-order valence-electron chi connectivity index (χ1n) is 10.3. The molecule has 3 N–H and O–H groups in total. The van der Waals surface area contributed by atoms with Gasteiger partial charge in [0.2, 0.25) is 12.1 Å². The zero-order chi connectivity index (χ0) is 23.0. The van der Waals surface area contributed by atoms with Gasteiger partial charge in [-0.05, 0) is 17.7 Å². The van der Waals surface area contributed by atoms with Gasteiger partial charge in [0.25, 0.3) is 5.91 Å². The number of hydrogen-bond donors (Lipinski definition) is 3. The fourth-order valence-corrected chi connectivity index (χ4v) is 3.73. The Morgan fingerprint density at radius 2 is 1.82 bits per heavy atom. The van der Waals surface area contributed by atoms with Crippen molar-refractivity contribution in [1.29, 1.82) is 0 Å². The third kappa shape index (κ3) is 6.07. The minimum absolute atomic E-state index is 0.0652. The number of carbonyl (C=O) groups excluding carboxylic acids is 3. The minimum Gasteiger partial charge on any atom is -0.468 e. The number of rotatable bonds is 9. The molecular formula is C23H22N4O5S. The molecule has 1 fully saturated rings. The molecule has 3 amide bonds. The van der Waals surface area contributed by atoms with Gasteiger partial charge >= 0.3 is 6.09 Å². The van der Waals surface area contributed by atoms with Crippen molar-refractivity contribution in [2.75, 3.05) is 0 Å². The summed E-state index contributed by atoms with van der Waals surface area (Å²) in [6.45, 7) is 0.0652. The van der Waals surface area contributed by atoms with Gasteiger partial charge in [-0.2, -0.15) is 0 Å². The Bertz CT molecular complexity index is 1080. The number of β-lactam (4-membered cyclic amide) rings is 1. The molecule has 3 aromatic rings. The van der Waals surface area contributed by atoms with Crippen molar-refractivity contribution in [3.8, 4) is 5.75 Å². The van der Waals surface area contributed by atoms with E-state index >= 15 is 0 Å². The van der Waals surface area contributed by atoms with Crippen molar-refractivity contribution >= 4 is 29.2 Å². The van der Waals surface area contributed by atoms with Crippen molar-refractivity contribution in [2.24, 2.45) is 0 Å². The summed E-state index contributed by atoms with van der Waals surface area (Å²) in [6, 6.07) is 16.3. The average molecular weight is 467 g/mol. The molecule has 1 saturated heterocycles. The predicted molar refractivity (Wildman–Crippen MR) is 120 cm³/mol. The lowest BCUT2D eigenvalue weighted by Gasteiger charge is -2.37. The number of para-hydroxylation sites is 1. The second-order valence-electron chi connectivity index (χ2n) is 7.29. The fourth-order valence-electron chi connectivity index (χ4n) is 3.16. The standard InChI is InChI=1S/C23H22N4O5S/c28-20(26-19-21(29)27-22(19)32-17-9-5-2-6-10-17)18(11-16-13-33-14-24-16)25-23(30)31-12-15-7-3-1-4-8-15/h1-10,13-14,18-19,22H,11-12H2,(H,25,30)(H,26,28)(H,27,29)/t18-,19+,22-/m0/s1. The molecule has 2 heterocycles. The Labute approximate surface area is 194 Å². The smallest absolute Gasteiger partial charge is 0.408 e. The second-order valence-corrected chi connectivity index (χ2v) is 8.01. The van der Waals surface area contributed by atoms with Crippen LogP contribution in [0.3, 0.4) is 0 Å². The molecule has 10 heteroatoms. The first kappa shape index (κ1) is 22.3. The van der Waals surface area contributed by atoms with E-state index in [4.69, 9.17) is 9.47 Å². The highest BCUT2D eigenvalue weighted by atomic mass is 32.1. The first-order chi connectivity index (χ1) is 16.1. The van der Waals surface area contributed by atoms with Crippen LogP contribution < -0.4 is 20.7 Å². The maximum atomic E-state index is 13.0. The Balaban J connectivity index is 1.37. The van der Waals surface area contributed by atoms with Gasteiger partial charge < -0.3 is 25.4 Å². The average Bonchev–Trinajstić information content (AvgIpc) is 3.35. The molecule has 0 aliphatic carbocycles. The van der Waals surface area contributed by atoms with E-state index in [0.717, 1.165) is 5.56 Å². The van der Waals surface area contributed by atoms with Crippen LogP contribution in [-0.4, -0.2) is 41.2 Å². The largest absolute Gasteiger partial charge is 0.468 e. The van der Waals surface area contributed by atoms with Gasteiger partial charge in [-0.1, -0.05) is 48.5 Å². The van der Waals surface area contributed by atoms with Crippen LogP contribution >= 0.6 is 11.3 Å². The normalized spacial score (nSPS) is 17.8. The number of carbonyl (C=O) groups is 3. The summed E-state index contributed by atoms with van der Waals surface area (Å²) in [5.74, 6) is -0.354. The van der Waals surface area contributed by atoms with Crippen molar-refractivity contribution in [3.63, 3.8) is 0 Å². The number of ether oxygens (including phenoxy) is 2. The number of nitrogens with zero attached hydrogens (tertiary/aromatic N) is 1. The lowest BCUT2D eigenvalue weighted by Crippen LogP contribution is -2.72. The van der Waals surface area contributed by atoms with Gasteiger partial charge in [-0.25, -0.2) is 9.78 Å². The number of amides is 3.